The number of aromatic nitrogens is 3. The molecule has 0 saturated carbocycles. The third-order valence-electron chi connectivity index (χ3n) is 8.57. The van der Waals surface area contributed by atoms with E-state index in [9.17, 15) is 36.3 Å². The smallest absolute Gasteiger partial charge is 0.396 e. The van der Waals surface area contributed by atoms with Gasteiger partial charge < -0.3 is 15.7 Å². The van der Waals surface area contributed by atoms with Crippen LogP contribution in [0.15, 0.2) is 42.6 Å². The summed E-state index contributed by atoms with van der Waals surface area (Å²) in [5.41, 5.74) is 0.743. The fourth-order valence-corrected chi connectivity index (χ4v) is 5.92. The molecule has 1 aliphatic rings. The minimum Gasteiger partial charge on any atom is -0.396 e. The molecule has 2 aromatic carbocycles. The number of halogens is 5. The van der Waals surface area contributed by atoms with E-state index in [1.807, 2.05) is 6.92 Å². The Hall–Kier alpha value is -4.72. The molecule has 9 nitrogen and oxygen atoms in total. The number of carbonyl (C=O) groups is 3. The predicted octanol–water partition coefficient (Wildman–Crippen LogP) is 7.22. The Morgan fingerprint density at radius 1 is 0.980 bits per heavy atom. The standard InChI is InChI=1S/C28H22F5N5O3.C8H18O/c1-13-16(14(2)39)4-5-18-17(13)6-8-22(18)37-27(41)24-10-23(36-25-21(30)12-35-38(24)25)26(40)34-11-15-3-7-20(29)19(9-15)28(31,32)33;1-2-3-4-5-6-7-8-9/h3-5,7,9-10,12,22H,6,8,11H2,1-2H3,(H,34,40)(H,37,41);9H,2-8H2,1H3/t22-;/m0./s1. The number of hydrogen-bond donors (Lipinski definition) is 3. The molecule has 50 heavy (non-hydrogen) atoms. The van der Waals surface area contributed by atoms with E-state index in [-0.39, 0.29) is 22.7 Å². The molecule has 14 heteroatoms. The normalized spacial score (nSPS) is 13.8. The highest BCUT2D eigenvalue weighted by Crippen LogP contribution is 2.35. The van der Waals surface area contributed by atoms with Crippen molar-refractivity contribution < 1.29 is 41.4 Å². The SMILES string of the molecule is CC(=O)c1ccc2c(c1C)CC[C@@H]2NC(=O)c1cc(C(=O)NCc2ccc(F)c(C(F)(F)F)c2)nc2c(F)cnn12.CCCCCCCCO. The monoisotopic (exact) mass is 701 g/mol. The van der Waals surface area contributed by atoms with Gasteiger partial charge in [0.05, 0.1) is 17.8 Å². The van der Waals surface area contributed by atoms with E-state index in [1.54, 1.807) is 12.1 Å². The van der Waals surface area contributed by atoms with Crippen molar-refractivity contribution >= 4 is 23.2 Å². The first-order valence-corrected chi connectivity index (χ1v) is 16.5. The number of aliphatic hydroxyl groups is 1. The van der Waals surface area contributed by atoms with E-state index in [0.29, 0.717) is 37.1 Å². The van der Waals surface area contributed by atoms with Gasteiger partial charge in [0.2, 0.25) is 0 Å². The number of rotatable bonds is 12. The van der Waals surface area contributed by atoms with Crippen LogP contribution in [0.1, 0.15) is 124 Å². The van der Waals surface area contributed by atoms with Crippen LogP contribution >= 0.6 is 0 Å². The van der Waals surface area contributed by atoms with E-state index in [1.165, 1.54) is 39.0 Å². The number of ketones is 1. The number of hydrogen-bond acceptors (Lipinski definition) is 6. The summed E-state index contributed by atoms with van der Waals surface area (Å²) in [6, 6.07) is 6.46. The van der Waals surface area contributed by atoms with Gasteiger partial charge in [-0.2, -0.15) is 18.3 Å². The predicted molar refractivity (Wildman–Crippen MR) is 176 cm³/mol. The second kappa shape index (κ2) is 16.8. The lowest BCUT2D eigenvalue weighted by atomic mass is 9.96. The number of alkyl halides is 3. The fraction of sp³-hybridized carbons (Fsp3) is 0.417. The molecule has 3 N–H and O–H groups in total. The average Bonchev–Trinajstić information content (AvgIpc) is 3.66. The summed E-state index contributed by atoms with van der Waals surface area (Å²) in [4.78, 5) is 42.1. The lowest BCUT2D eigenvalue weighted by Gasteiger charge is -2.16. The molecule has 2 heterocycles. The van der Waals surface area contributed by atoms with Crippen LogP contribution in [0.4, 0.5) is 22.0 Å². The van der Waals surface area contributed by atoms with E-state index in [4.69, 9.17) is 5.11 Å². The van der Waals surface area contributed by atoms with E-state index in [2.05, 4.69) is 27.6 Å². The molecule has 5 rings (SSSR count). The van der Waals surface area contributed by atoms with Gasteiger partial charge in [-0.05, 0) is 67.5 Å². The van der Waals surface area contributed by atoms with Gasteiger partial charge in [-0.25, -0.2) is 18.3 Å². The Kier molecular flexibility index (Phi) is 12.8. The van der Waals surface area contributed by atoms with Gasteiger partial charge in [0.25, 0.3) is 11.8 Å². The Morgan fingerprint density at radius 3 is 2.38 bits per heavy atom. The number of unbranched alkanes of at least 4 members (excludes halogenated alkanes) is 5. The maximum Gasteiger partial charge on any atom is 0.419 e. The summed E-state index contributed by atoms with van der Waals surface area (Å²) in [6.07, 6.45) is 4.58. The molecule has 268 valence electrons. The van der Waals surface area contributed by atoms with Crippen molar-refractivity contribution in [2.24, 2.45) is 0 Å². The van der Waals surface area contributed by atoms with E-state index in [0.717, 1.165) is 46.0 Å². The van der Waals surface area contributed by atoms with Crippen molar-refractivity contribution in [1.82, 2.24) is 25.2 Å². The quantitative estimate of drug-likeness (QED) is 0.0814. The molecule has 4 aromatic rings. The Morgan fingerprint density at radius 2 is 1.70 bits per heavy atom. The zero-order valence-electron chi connectivity index (χ0n) is 28.1. The maximum atomic E-state index is 14.4. The molecule has 0 radical (unpaired) electrons. The Balaban J connectivity index is 0.000000551. The van der Waals surface area contributed by atoms with Crippen molar-refractivity contribution in [3.8, 4) is 0 Å². The summed E-state index contributed by atoms with van der Waals surface area (Å²) >= 11 is 0. The molecule has 0 unspecified atom stereocenters. The third-order valence-corrected chi connectivity index (χ3v) is 8.57. The molecule has 0 bridgehead atoms. The molecule has 1 aliphatic carbocycles. The van der Waals surface area contributed by atoms with Crippen LogP contribution in [-0.2, 0) is 19.1 Å². The zero-order valence-corrected chi connectivity index (χ0v) is 28.1. The number of carbonyl (C=O) groups excluding carboxylic acids is 3. The van der Waals surface area contributed by atoms with Gasteiger partial charge >= 0.3 is 6.18 Å². The molecular formula is C36H40F5N5O4. The van der Waals surface area contributed by atoms with E-state index < -0.39 is 53.4 Å². The van der Waals surface area contributed by atoms with Crippen LogP contribution < -0.4 is 10.6 Å². The summed E-state index contributed by atoms with van der Waals surface area (Å²) in [6.45, 7) is 5.49. The molecule has 0 fully saturated rings. The minimum absolute atomic E-state index is 0.0372. The summed E-state index contributed by atoms with van der Waals surface area (Å²) < 4.78 is 68.1. The number of aliphatic hydroxyl groups excluding tert-OH is 1. The fourth-order valence-electron chi connectivity index (χ4n) is 5.92. The molecular weight excluding hydrogens is 661 g/mol. The summed E-state index contributed by atoms with van der Waals surface area (Å²) in [5.74, 6) is -4.00. The van der Waals surface area contributed by atoms with E-state index >= 15 is 0 Å². The van der Waals surface area contributed by atoms with Crippen LogP contribution in [-0.4, -0.2) is 43.9 Å². The van der Waals surface area contributed by atoms with Gasteiger partial charge in [0.15, 0.2) is 17.2 Å². The maximum absolute atomic E-state index is 14.4. The van der Waals surface area contributed by atoms with Crippen LogP contribution in [0.25, 0.3) is 5.65 Å². The first-order chi connectivity index (χ1) is 23.8. The molecule has 0 spiro atoms. The first kappa shape index (κ1) is 38.1. The van der Waals surface area contributed by atoms with Gasteiger partial charge in [0, 0.05) is 24.8 Å². The molecule has 2 amide bonds. The number of fused-ring (bicyclic) bond motifs is 2. The summed E-state index contributed by atoms with van der Waals surface area (Å²) in [7, 11) is 0. The van der Waals surface area contributed by atoms with Crippen LogP contribution in [0.2, 0.25) is 0 Å². The lowest BCUT2D eigenvalue weighted by molar-refractivity contribution is -0.140. The Bertz CT molecular complexity index is 1850. The van der Waals surface area contributed by atoms with Crippen LogP contribution in [0.5, 0.6) is 0 Å². The van der Waals surface area contributed by atoms with Crippen molar-refractivity contribution in [2.75, 3.05) is 6.61 Å². The Labute approximate surface area is 286 Å². The molecule has 2 aromatic heterocycles. The lowest BCUT2D eigenvalue weighted by Crippen LogP contribution is -2.30. The largest absolute Gasteiger partial charge is 0.419 e. The van der Waals surface area contributed by atoms with Gasteiger partial charge in [-0.1, -0.05) is 57.2 Å². The number of benzene rings is 2. The third kappa shape index (κ3) is 9.09. The number of amides is 2. The highest BCUT2D eigenvalue weighted by atomic mass is 19.4. The number of Topliss-reactive ketones (excluding diaryl/α,β-unsaturated/α-hetero) is 1. The topological polar surface area (TPSA) is 126 Å². The second-order valence-corrected chi connectivity index (χ2v) is 12.2. The van der Waals surface area contributed by atoms with Gasteiger partial charge in [-0.15, -0.1) is 0 Å². The zero-order chi connectivity index (χ0) is 36.6. The molecule has 0 aliphatic heterocycles. The first-order valence-electron chi connectivity index (χ1n) is 16.5. The second-order valence-electron chi connectivity index (χ2n) is 12.2. The van der Waals surface area contributed by atoms with Crippen LogP contribution in [0.3, 0.4) is 0 Å². The van der Waals surface area contributed by atoms with Crippen molar-refractivity contribution in [2.45, 2.75) is 90.9 Å². The van der Waals surface area contributed by atoms with Gasteiger partial charge in [0.1, 0.15) is 17.2 Å². The van der Waals surface area contributed by atoms with Crippen molar-refractivity contribution in [1.29, 1.82) is 0 Å². The minimum atomic E-state index is -4.92. The molecule has 0 saturated heterocycles. The molecule has 1 atom stereocenters. The van der Waals surface area contributed by atoms with Crippen molar-refractivity contribution in [3.63, 3.8) is 0 Å². The van der Waals surface area contributed by atoms with Crippen LogP contribution in [0, 0.1) is 18.6 Å². The highest BCUT2D eigenvalue weighted by Gasteiger charge is 2.34. The average molecular weight is 702 g/mol. The highest BCUT2D eigenvalue weighted by molar-refractivity contribution is 5.99. The number of nitrogens with zero attached hydrogens (tertiary/aromatic N) is 3. The van der Waals surface area contributed by atoms with Crippen molar-refractivity contribution in [3.05, 3.63) is 99.0 Å². The number of nitrogens with one attached hydrogen (secondary N) is 2. The summed E-state index contributed by atoms with van der Waals surface area (Å²) in [5, 5.41) is 17.5. The van der Waals surface area contributed by atoms with Gasteiger partial charge in [-0.3, -0.25) is 14.4 Å².